The number of hydrogen-bond acceptors (Lipinski definition) is 5. The highest BCUT2D eigenvalue weighted by Gasteiger charge is 2.32. The summed E-state index contributed by atoms with van der Waals surface area (Å²) in [4.78, 5) is 17.0. The van der Waals surface area contributed by atoms with Crippen LogP contribution in [0.25, 0.3) is 11.3 Å². The first-order valence-corrected chi connectivity index (χ1v) is 12.8. The molecule has 1 aromatic heterocycles. The third kappa shape index (κ3) is 4.97. The minimum atomic E-state index is -3.96. The predicted octanol–water partition coefficient (Wildman–Crippen LogP) is 4.74. The SMILES string of the molecule is Cc1ccc(C)c(-c2csc(NC(=O)C3CCN(S(=O)(=O)c4ccc(F)c(F)c4)CC3)n2)c1. The van der Waals surface area contributed by atoms with E-state index in [1.54, 1.807) is 0 Å². The lowest BCUT2D eigenvalue weighted by Crippen LogP contribution is -2.41. The standard InChI is InChI=1S/C23H23F2N3O3S2/c1-14-3-4-15(2)18(11-14)21-13-32-23(26-21)27-22(29)16-7-9-28(10-8-16)33(30,31)17-5-6-19(24)20(25)12-17/h3-6,11-13,16H,7-10H2,1-2H3,(H,26,27,29). The predicted molar refractivity (Wildman–Crippen MR) is 123 cm³/mol. The molecule has 0 bridgehead atoms. The van der Waals surface area contributed by atoms with Crippen molar-refractivity contribution in [2.75, 3.05) is 18.4 Å². The van der Waals surface area contributed by atoms with E-state index in [4.69, 9.17) is 0 Å². The Morgan fingerprint density at radius 2 is 1.82 bits per heavy atom. The topological polar surface area (TPSA) is 79.4 Å². The molecule has 0 atom stereocenters. The molecule has 0 saturated carbocycles. The lowest BCUT2D eigenvalue weighted by atomic mass is 9.97. The molecule has 1 N–H and O–H groups in total. The van der Waals surface area contributed by atoms with Crippen LogP contribution in [0.3, 0.4) is 0 Å². The summed E-state index contributed by atoms with van der Waals surface area (Å²) in [6.07, 6.45) is 0.647. The number of sulfonamides is 1. The first-order valence-electron chi connectivity index (χ1n) is 10.4. The quantitative estimate of drug-likeness (QED) is 0.559. The van der Waals surface area contributed by atoms with E-state index in [1.165, 1.54) is 15.6 Å². The van der Waals surface area contributed by atoms with Gasteiger partial charge in [0.2, 0.25) is 15.9 Å². The number of amides is 1. The number of aromatic nitrogens is 1. The van der Waals surface area contributed by atoms with Crippen LogP contribution in [0, 0.1) is 31.4 Å². The second kappa shape index (κ2) is 9.28. The van der Waals surface area contributed by atoms with Crippen LogP contribution in [0.2, 0.25) is 0 Å². The smallest absolute Gasteiger partial charge is 0.243 e. The highest BCUT2D eigenvalue weighted by Crippen LogP contribution is 2.30. The van der Waals surface area contributed by atoms with Gasteiger partial charge >= 0.3 is 0 Å². The molecule has 33 heavy (non-hydrogen) atoms. The summed E-state index contributed by atoms with van der Waals surface area (Å²) in [6, 6.07) is 8.64. The molecule has 10 heteroatoms. The number of anilines is 1. The lowest BCUT2D eigenvalue weighted by molar-refractivity contribution is -0.120. The van der Waals surface area contributed by atoms with Gasteiger partial charge in [0.05, 0.1) is 10.6 Å². The van der Waals surface area contributed by atoms with Crippen molar-refractivity contribution in [3.05, 3.63) is 64.5 Å². The van der Waals surface area contributed by atoms with Crippen LogP contribution in [0.15, 0.2) is 46.7 Å². The fourth-order valence-electron chi connectivity index (χ4n) is 3.82. The van der Waals surface area contributed by atoms with Crippen LogP contribution in [0.4, 0.5) is 13.9 Å². The Bertz CT molecular complexity index is 1300. The van der Waals surface area contributed by atoms with Gasteiger partial charge in [-0.3, -0.25) is 4.79 Å². The number of benzene rings is 2. The maximum Gasteiger partial charge on any atom is 0.243 e. The zero-order valence-corrected chi connectivity index (χ0v) is 19.8. The molecule has 2 aromatic carbocycles. The molecular weight excluding hydrogens is 468 g/mol. The first kappa shape index (κ1) is 23.5. The van der Waals surface area contributed by atoms with E-state index in [2.05, 4.69) is 16.4 Å². The van der Waals surface area contributed by atoms with E-state index < -0.39 is 21.7 Å². The number of hydrogen-bond donors (Lipinski definition) is 1. The van der Waals surface area contributed by atoms with Gasteiger partial charge in [0.15, 0.2) is 16.8 Å². The Labute approximate surface area is 195 Å². The minimum absolute atomic E-state index is 0.116. The van der Waals surface area contributed by atoms with Crippen molar-refractivity contribution in [2.45, 2.75) is 31.6 Å². The average molecular weight is 492 g/mol. The maximum absolute atomic E-state index is 13.5. The van der Waals surface area contributed by atoms with Crippen molar-refractivity contribution in [1.29, 1.82) is 0 Å². The Morgan fingerprint density at radius 1 is 1.09 bits per heavy atom. The van der Waals surface area contributed by atoms with E-state index >= 15 is 0 Å². The van der Waals surface area contributed by atoms with Gasteiger partial charge in [-0.25, -0.2) is 22.2 Å². The number of halogens is 2. The van der Waals surface area contributed by atoms with Crippen molar-refractivity contribution >= 4 is 32.4 Å². The Kier molecular flexibility index (Phi) is 6.60. The second-order valence-corrected chi connectivity index (χ2v) is 10.9. The van der Waals surface area contributed by atoms with Gasteiger partial charge < -0.3 is 5.32 Å². The normalized spacial score (nSPS) is 15.5. The summed E-state index contributed by atoms with van der Waals surface area (Å²) >= 11 is 1.34. The second-order valence-electron chi connectivity index (χ2n) is 8.10. The fourth-order valence-corrected chi connectivity index (χ4v) is 6.01. The summed E-state index contributed by atoms with van der Waals surface area (Å²) in [5.41, 5.74) is 4.03. The number of carbonyl (C=O) groups is 1. The summed E-state index contributed by atoms with van der Waals surface area (Å²) in [7, 11) is -3.96. The van der Waals surface area contributed by atoms with Crippen LogP contribution < -0.4 is 5.32 Å². The number of carbonyl (C=O) groups excluding carboxylic acids is 1. The molecule has 1 fully saturated rings. The van der Waals surface area contributed by atoms with E-state index in [9.17, 15) is 22.0 Å². The van der Waals surface area contributed by atoms with Crippen LogP contribution in [-0.4, -0.2) is 36.7 Å². The summed E-state index contributed by atoms with van der Waals surface area (Å²) in [6.45, 7) is 4.25. The number of nitrogens with one attached hydrogen (secondary N) is 1. The molecule has 0 aliphatic carbocycles. The molecule has 0 spiro atoms. The maximum atomic E-state index is 13.5. The van der Waals surface area contributed by atoms with Gasteiger partial charge in [-0.05, 0) is 56.5 Å². The number of piperidine rings is 1. The molecular formula is C23H23F2N3O3S2. The number of rotatable bonds is 5. The van der Waals surface area contributed by atoms with E-state index in [1.807, 2.05) is 31.4 Å². The Hall–Kier alpha value is -2.69. The van der Waals surface area contributed by atoms with Crippen molar-refractivity contribution in [2.24, 2.45) is 5.92 Å². The highest BCUT2D eigenvalue weighted by atomic mass is 32.2. The highest BCUT2D eigenvalue weighted by molar-refractivity contribution is 7.89. The molecule has 6 nitrogen and oxygen atoms in total. The molecule has 3 aromatic rings. The summed E-state index contributed by atoms with van der Waals surface area (Å²) in [5, 5.41) is 5.23. The van der Waals surface area contributed by atoms with Crippen molar-refractivity contribution < 1.29 is 22.0 Å². The van der Waals surface area contributed by atoms with E-state index in [0.29, 0.717) is 24.0 Å². The van der Waals surface area contributed by atoms with Gasteiger partial charge in [0.1, 0.15) is 0 Å². The number of nitrogens with zero attached hydrogens (tertiary/aromatic N) is 2. The molecule has 174 valence electrons. The van der Waals surface area contributed by atoms with Crippen molar-refractivity contribution in [3.8, 4) is 11.3 Å². The third-order valence-electron chi connectivity index (χ3n) is 5.76. The molecule has 1 aliphatic rings. The van der Waals surface area contributed by atoms with Gasteiger partial charge in [-0.2, -0.15) is 4.31 Å². The van der Waals surface area contributed by atoms with E-state index in [0.717, 1.165) is 34.5 Å². The Balaban J connectivity index is 1.38. The lowest BCUT2D eigenvalue weighted by Gasteiger charge is -2.30. The first-order chi connectivity index (χ1) is 15.6. The molecule has 1 amide bonds. The van der Waals surface area contributed by atoms with Crippen LogP contribution in [-0.2, 0) is 14.8 Å². The van der Waals surface area contributed by atoms with Crippen molar-refractivity contribution in [3.63, 3.8) is 0 Å². The average Bonchev–Trinajstić information content (AvgIpc) is 3.25. The van der Waals surface area contributed by atoms with Crippen LogP contribution >= 0.6 is 11.3 Å². The van der Waals surface area contributed by atoms with Crippen LogP contribution in [0.1, 0.15) is 24.0 Å². The molecule has 1 aliphatic heterocycles. The van der Waals surface area contributed by atoms with Gasteiger partial charge in [0.25, 0.3) is 0 Å². The third-order valence-corrected chi connectivity index (χ3v) is 8.41. The molecule has 0 unspecified atom stereocenters. The largest absolute Gasteiger partial charge is 0.302 e. The van der Waals surface area contributed by atoms with Gasteiger partial charge in [-0.1, -0.05) is 17.7 Å². The van der Waals surface area contributed by atoms with Gasteiger partial charge in [0, 0.05) is 30.0 Å². The van der Waals surface area contributed by atoms with E-state index in [-0.39, 0.29) is 29.8 Å². The molecule has 4 rings (SSSR count). The Morgan fingerprint density at radius 3 is 2.52 bits per heavy atom. The zero-order valence-electron chi connectivity index (χ0n) is 18.1. The fraction of sp³-hybridized carbons (Fsp3) is 0.304. The molecule has 1 saturated heterocycles. The van der Waals surface area contributed by atoms with Crippen molar-refractivity contribution in [1.82, 2.24) is 9.29 Å². The number of thiazole rings is 1. The molecule has 2 heterocycles. The van der Waals surface area contributed by atoms with Crippen LogP contribution in [0.5, 0.6) is 0 Å². The summed E-state index contributed by atoms with van der Waals surface area (Å²) in [5.74, 6) is -2.89. The monoisotopic (exact) mass is 491 g/mol. The van der Waals surface area contributed by atoms with Gasteiger partial charge in [-0.15, -0.1) is 11.3 Å². The summed E-state index contributed by atoms with van der Waals surface area (Å²) < 4.78 is 53.3. The number of aryl methyl sites for hydroxylation is 2. The minimum Gasteiger partial charge on any atom is -0.302 e. The zero-order chi connectivity index (χ0) is 23.8. The molecule has 0 radical (unpaired) electrons.